The fourth-order valence-corrected chi connectivity index (χ4v) is 3.00. The molecule has 0 radical (unpaired) electrons. The van der Waals surface area contributed by atoms with Gasteiger partial charge in [-0.05, 0) is 32.0 Å². The number of rotatable bonds is 6. The Morgan fingerprint density at radius 2 is 1.89 bits per heavy atom. The molecule has 1 aliphatic carbocycles. The molecule has 2 nitrogen and oxygen atoms in total. The monoisotopic (exact) mass is 246 g/mol. The molecule has 1 fully saturated rings. The van der Waals surface area contributed by atoms with Gasteiger partial charge in [-0.3, -0.25) is 0 Å². The van der Waals surface area contributed by atoms with Crippen LogP contribution in [0.1, 0.15) is 44.2 Å². The Balaban J connectivity index is 1.97. The highest BCUT2D eigenvalue weighted by molar-refractivity contribution is 5.19. The first-order chi connectivity index (χ1) is 8.81. The van der Waals surface area contributed by atoms with Crippen LogP contribution < -0.4 is 5.32 Å². The maximum absolute atomic E-state index is 3.61. The fourth-order valence-electron chi connectivity index (χ4n) is 3.00. The quantitative estimate of drug-likeness (QED) is 0.829. The first-order valence-corrected chi connectivity index (χ1v) is 7.30. The lowest BCUT2D eigenvalue weighted by Crippen LogP contribution is -2.37. The molecular formula is C16H26N2. The highest BCUT2D eigenvalue weighted by atomic mass is 15.2. The summed E-state index contributed by atoms with van der Waals surface area (Å²) >= 11 is 0. The number of hydrogen-bond acceptors (Lipinski definition) is 2. The zero-order valence-corrected chi connectivity index (χ0v) is 11.7. The van der Waals surface area contributed by atoms with E-state index in [0.717, 1.165) is 19.1 Å². The molecule has 100 valence electrons. The summed E-state index contributed by atoms with van der Waals surface area (Å²) in [4.78, 5) is 2.55. The minimum Gasteiger partial charge on any atom is -0.309 e. The summed E-state index contributed by atoms with van der Waals surface area (Å²) in [7, 11) is 2.28. The van der Waals surface area contributed by atoms with Gasteiger partial charge in [0.05, 0.1) is 0 Å². The van der Waals surface area contributed by atoms with Gasteiger partial charge in [0, 0.05) is 18.6 Å². The molecule has 2 heteroatoms. The van der Waals surface area contributed by atoms with Crippen LogP contribution in [0.3, 0.4) is 0 Å². The van der Waals surface area contributed by atoms with Crippen molar-refractivity contribution in [2.45, 2.75) is 44.7 Å². The topological polar surface area (TPSA) is 15.3 Å². The average molecular weight is 246 g/mol. The van der Waals surface area contributed by atoms with E-state index in [1.807, 2.05) is 0 Å². The first-order valence-electron chi connectivity index (χ1n) is 7.30. The molecule has 1 atom stereocenters. The molecule has 0 bridgehead atoms. The van der Waals surface area contributed by atoms with Crippen LogP contribution in [0.2, 0.25) is 0 Å². The van der Waals surface area contributed by atoms with Gasteiger partial charge in [0.15, 0.2) is 0 Å². The van der Waals surface area contributed by atoms with Crippen LogP contribution in [-0.4, -0.2) is 31.1 Å². The predicted molar refractivity (Wildman–Crippen MR) is 77.7 cm³/mol. The third-order valence-electron chi connectivity index (χ3n) is 4.07. The fraction of sp³-hybridized carbons (Fsp3) is 0.625. The smallest absolute Gasteiger partial charge is 0.0449 e. The maximum atomic E-state index is 3.61. The minimum absolute atomic E-state index is 0.460. The van der Waals surface area contributed by atoms with Crippen molar-refractivity contribution in [1.29, 1.82) is 0 Å². The molecule has 0 spiro atoms. The molecule has 0 aromatic heterocycles. The van der Waals surface area contributed by atoms with Crippen molar-refractivity contribution in [3.8, 4) is 0 Å². The molecule has 0 amide bonds. The highest BCUT2D eigenvalue weighted by Crippen LogP contribution is 2.24. The third-order valence-corrected chi connectivity index (χ3v) is 4.07. The Morgan fingerprint density at radius 1 is 1.22 bits per heavy atom. The third kappa shape index (κ3) is 3.56. The lowest BCUT2D eigenvalue weighted by Gasteiger charge is -2.29. The summed E-state index contributed by atoms with van der Waals surface area (Å²) < 4.78 is 0. The lowest BCUT2D eigenvalue weighted by molar-refractivity contribution is 0.220. The molecule has 0 heterocycles. The van der Waals surface area contributed by atoms with Gasteiger partial charge < -0.3 is 10.2 Å². The zero-order valence-electron chi connectivity index (χ0n) is 11.7. The average Bonchev–Trinajstić information content (AvgIpc) is 2.93. The second-order valence-corrected chi connectivity index (χ2v) is 5.40. The number of nitrogens with zero attached hydrogens (tertiary/aromatic N) is 1. The SMILES string of the molecule is CCNC(CN(C)C1CCCC1)c1ccccc1. The minimum atomic E-state index is 0.460. The molecule has 0 aliphatic heterocycles. The van der Waals surface area contributed by atoms with Gasteiger partial charge in [-0.15, -0.1) is 0 Å². The van der Waals surface area contributed by atoms with E-state index in [1.54, 1.807) is 0 Å². The molecule has 1 aromatic rings. The second kappa shape index (κ2) is 6.91. The summed E-state index contributed by atoms with van der Waals surface area (Å²) in [6.07, 6.45) is 5.58. The largest absolute Gasteiger partial charge is 0.309 e. The van der Waals surface area contributed by atoms with E-state index in [1.165, 1.54) is 31.2 Å². The van der Waals surface area contributed by atoms with E-state index in [0.29, 0.717) is 6.04 Å². The van der Waals surface area contributed by atoms with E-state index in [-0.39, 0.29) is 0 Å². The molecule has 1 N–H and O–H groups in total. The Labute approximate surface area is 111 Å². The van der Waals surface area contributed by atoms with Crippen molar-refractivity contribution in [3.63, 3.8) is 0 Å². The van der Waals surface area contributed by atoms with E-state index in [9.17, 15) is 0 Å². The molecular weight excluding hydrogens is 220 g/mol. The van der Waals surface area contributed by atoms with Gasteiger partial charge in [0.1, 0.15) is 0 Å². The van der Waals surface area contributed by atoms with Gasteiger partial charge >= 0.3 is 0 Å². The Kier molecular flexibility index (Phi) is 5.21. The summed E-state index contributed by atoms with van der Waals surface area (Å²) in [5.41, 5.74) is 1.41. The highest BCUT2D eigenvalue weighted by Gasteiger charge is 2.22. The number of nitrogens with one attached hydrogen (secondary N) is 1. The number of likely N-dealkylation sites (N-methyl/N-ethyl adjacent to an activating group) is 2. The van der Waals surface area contributed by atoms with Crippen molar-refractivity contribution in [3.05, 3.63) is 35.9 Å². The molecule has 18 heavy (non-hydrogen) atoms. The standard InChI is InChI=1S/C16H26N2/c1-3-17-16(14-9-5-4-6-10-14)13-18(2)15-11-7-8-12-15/h4-6,9-10,15-17H,3,7-8,11-13H2,1-2H3. The van der Waals surface area contributed by atoms with Gasteiger partial charge in [-0.25, -0.2) is 0 Å². The molecule has 1 unspecified atom stereocenters. The van der Waals surface area contributed by atoms with Crippen LogP contribution in [0.4, 0.5) is 0 Å². The van der Waals surface area contributed by atoms with Crippen LogP contribution in [-0.2, 0) is 0 Å². The summed E-state index contributed by atoms with van der Waals surface area (Å²) in [5.74, 6) is 0. The summed E-state index contributed by atoms with van der Waals surface area (Å²) in [6, 6.07) is 12.1. The van der Waals surface area contributed by atoms with Crippen LogP contribution in [0, 0.1) is 0 Å². The van der Waals surface area contributed by atoms with E-state index in [2.05, 4.69) is 54.5 Å². The number of hydrogen-bond donors (Lipinski definition) is 1. The second-order valence-electron chi connectivity index (χ2n) is 5.40. The van der Waals surface area contributed by atoms with Gasteiger partial charge in [0.25, 0.3) is 0 Å². The van der Waals surface area contributed by atoms with Crippen LogP contribution >= 0.6 is 0 Å². The lowest BCUT2D eigenvalue weighted by atomic mass is 10.1. The molecule has 2 rings (SSSR count). The Bertz CT molecular complexity index is 330. The van der Waals surface area contributed by atoms with Crippen molar-refractivity contribution in [2.75, 3.05) is 20.1 Å². The van der Waals surface area contributed by atoms with Crippen molar-refractivity contribution in [1.82, 2.24) is 10.2 Å². The van der Waals surface area contributed by atoms with Crippen LogP contribution in [0.5, 0.6) is 0 Å². The zero-order chi connectivity index (χ0) is 12.8. The van der Waals surface area contributed by atoms with Crippen molar-refractivity contribution < 1.29 is 0 Å². The summed E-state index contributed by atoms with van der Waals surface area (Å²) in [5, 5.41) is 3.61. The molecule has 1 aliphatic rings. The van der Waals surface area contributed by atoms with Crippen molar-refractivity contribution in [2.24, 2.45) is 0 Å². The van der Waals surface area contributed by atoms with E-state index in [4.69, 9.17) is 0 Å². The van der Waals surface area contributed by atoms with Crippen LogP contribution in [0.25, 0.3) is 0 Å². The maximum Gasteiger partial charge on any atom is 0.0449 e. The van der Waals surface area contributed by atoms with Crippen LogP contribution in [0.15, 0.2) is 30.3 Å². The van der Waals surface area contributed by atoms with Gasteiger partial charge in [-0.2, -0.15) is 0 Å². The molecule has 1 aromatic carbocycles. The number of benzene rings is 1. The normalized spacial score (nSPS) is 18.4. The molecule has 0 saturated heterocycles. The van der Waals surface area contributed by atoms with Gasteiger partial charge in [0.2, 0.25) is 0 Å². The van der Waals surface area contributed by atoms with Crippen molar-refractivity contribution >= 4 is 0 Å². The molecule has 1 saturated carbocycles. The predicted octanol–water partition coefficient (Wildman–Crippen LogP) is 3.21. The van der Waals surface area contributed by atoms with E-state index < -0.39 is 0 Å². The Hall–Kier alpha value is -0.860. The summed E-state index contributed by atoms with van der Waals surface area (Å²) in [6.45, 7) is 4.33. The van der Waals surface area contributed by atoms with Gasteiger partial charge in [-0.1, -0.05) is 50.1 Å². The van der Waals surface area contributed by atoms with E-state index >= 15 is 0 Å². The Morgan fingerprint density at radius 3 is 2.50 bits per heavy atom. The first kappa shape index (κ1) is 13.6.